The Balaban J connectivity index is 1.83. The minimum atomic E-state index is -5.50. The fourth-order valence-corrected chi connectivity index (χ4v) is 5.56. The number of amidine groups is 1. The maximum Gasteiger partial charge on any atom is 0.488 e. The summed E-state index contributed by atoms with van der Waals surface area (Å²) in [6.45, 7) is 1.78. The van der Waals surface area contributed by atoms with E-state index in [9.17, 15) is 23.4 Å². The summed E-state index contributed by atoms with van der Waals surface area (Å²) < 4.78 is 45.9. The third-order valence-electron chi connectivity index (χ3n) is 3.19. The van der Waals surface area contributed by atoms with Crippen LogP contribution in [0.5, 0.6) is 0 Å². The zero-order valence-corrected chi connectivity index (χ0v) is 17.4. The Morgan fingerprint density at radius 1 is 1.21 bits per heavy atom. The molecule has 0 radical (unpaired) electrons. The minimum absolute atomic E-state index is 0.136. The quantitative estimate of drug-likeness (QED) is 0.237. The summed E-state index contributed by atoms with van der Waals surface area (Å²) in [6, 6.07) is -0.880. The highest BCUT2D eigenvalue weighted by Gasteiger charge is 2.40. The van der Waals surface area contributed by atoms with Gasteiger partial charge in [0, 0.05) is 6.54 Å². The molecule has 2 aliphatic heterocycles. The number of hydrogen-bond donors (Lipinski definition) is 5. The number of phosphoric acid groups is 2. The van der Waals surface area contributed by atoms with Gasteiger partial charge in [-0.2, -0.15) is 14.3 Å². The number of carbonyl (C=O) groups excluding carboxylic acids is 1. The van der Waals surface area contributed by atoms with Crippen molar-refractivity contribution in [2.75, 3.05) is 19.5 Å². The average molecular weight is 477 g/mol. The SMILES string of the molecule is CC(COCP(=O)(O)OP(=O)(O)OP(=O)(O)O)CN1C=NC2C(=O)N=C(N)N=C21. The topological polar surface area (TPSA) is 243 Å². The first-order valence-electron chi connectivity index (χ1n) is 7.64. The van der Waals surface area contributed by atoms with E-state index in [-0.39, 0.29) is 30.9 Å². The number of aliphatic imine (C=N–C) groups is 3. The van der Waals surface area contributed by atoms with Crippen molar-refractivity contribution in [3.63, 3.8) is 0 Å². The number of rotatable bonds is 10. The molecule has 0 aromatic heterocycles. The van der Waals surface area contributed by atoms with Crippen LogP contribution in [0.3, 0.4) is 0 Å². The molecule has 6 N–H and O–H groups in total. The second-order valence-electron chi connectivity index (χ2n) is 5.96. The fraction of sp³-hybridized carbons (Fsp3) is 0.600. The van der Waals surface area contributed by atoms with Gasteiger partial charge in [-0.05, 0) is 5.92 Å². The van der Waals surface area contributed by atoms with E-state index in [0.717, 1.165) is 0 Å². The predicted octanol–water partition coefficient (Wildman–Crippen LogP) is -1.03. The van der Waals surface area contributed by atoms with Crippen molar-refractivity contribution in [2.45, 2.75) is 13.0 Å². The van der Waals surface area contributed by atoms with Crippen molar-refractivity contribution < 1.29 is 51.4 Å². The number of amides is 1. The molecule has 16 nitrogen and oxygen atoms in total. The van der Waals surface area contributed by atoms with Crippen LogP contribution in [-0.4, -0.2) is 74.1 Å². The van der Waals surface area contributed by atoms with Crippen molar-refractivity contribution in [3.8, 4) is 0 Å². The first-order chi connectivity index (χ1) is 13.2. The number of nitrogens with zero attached hydrogens (tertiary/aromatic N) is 4. The van der Waals surface area contributed by atoms with E-state index in [0.29, 0.717) is 0 Å². The van der Waals surface area contributed by atoms with Gasteiger partial charge in [-0.15, -0.1) is 0 Å². The van der Waals surface area contributed by atoms with E-state index in [2.05, 4.69) is 23.6 Å². The molecule has 1 amide bonds. The van der Waals surface area contributed by atoms with Gasteiger partial charge in [-0.3, -0.25) is 14.4 Å². The number of guanidine groups is 1. The third kappa shape index (κ3) is 7.46. The molecular weight excluding hydrogens is 459 g/mol. The van der Waals surface area contributed by atoms with Crippen molar-refractivity contribution in [3.05, 3.63) is 0 Å². The molecule has 0 bridgehead atoms. The van der Waals surface area contributed by atoms with E-state index in [4.69, 9.17) is 25.2 Å². The van der Waals surface area contributed by atoms with Gasteiger partial charge in [0.1, 0.15) is 12.2 Å². The normalized spacial score (nSPS) is 24.4. The molecule has 2 aliphatic rings. The first-order valence-corrected chi connectivity index (χ1v) is 12.4. The van der Waals surface area contributed by atoms with Crippen LogP contribution in [-0.2, 0) is 31.8 Å². The fourth-order valence-electron chi connectivity index (χ4n) is 2.28. The Morgan fingerprint density at radius 2 is 1.86 bits per heavy atom. The van der Waals surface area contributed by atoms with Crippen LogP contribution >= 0.6 is 23.2 Å². The van der Waals surface area contributed by atoms with Crippen LogP contribution in [0.1, 0.15) is 6.92 Å². The van der Waals surface area contributed by atoms with Gasteiger partial charge in [-0.1, -0.05) is 6.92 Å². The van der Waals surface area contributed by atoms with E-state index in [1.165, 1.54) is 11.2 Å². The van der Waals surface area contributed by atoms with Crippen LogP contribution < -0.4 is 5.73 Å². The standard InChI is InChI=1S/C10H18N5O11P3/c1-6(2-15-4-12-7-8(15)13-10(11)14-9(7)16)3-24-5-27(17,18)25-29(22,23)26-28(19,20)21/h4,6-7H,2-3,5H2,1H3,(H,17,18)(H,22,23)(H2,11,14,16)(H2,19,20,21). The van der Waals surface area contributed by atoms with Gasteiger partial charge < -0.3 is 34.9 Å². The molecular formula is C10H18N5O11P3. The van der Waals surface area contributed by atoms with Gasteiger partial charge in [0.2, 0.25) is 5.96 Å². The molecule has 0 aliphatic carbocycles. The van der Waals surface area contributed by atoms with Gasteiger partial charge in [0.25, 0.3) is 5.91 Å². The highest BCUT2D eigenvalue weighted by molar-refractivity contribution is 7.68. The summed E-state index contributed by atoms with van der Waals surface area (Å²) in [6.07, 6.45) is 0.315. The third-order valence-corrected chi connectivity index (χ3v) is 7.22. The lowest BCUT2D eigenvalue weighted by molar-refractivity contribution is -0.117. The maximum absolute atomic E-state index is 11.7. The molecule has 164 valence electrons. The number of nitrogens with two attached hydrogens (primary N) is 1. The lowest BCUT2D eigenvalue weighted by Gasteiger charge is -2.23. The summed E-state index contributed by atoms with van der Waals surface area (Å²) in [7, 11) is -15.8. The maximum atomic E-state index is 11.7. The summed E-state index contributed by atoms with van der Waals surface area (Å²) in [5.74, 6) is -0.795. The Morgan fingerprint density at radius 3 is 2.48 bits per heavy atom. The number of ether oxygens (including phenoxy) is 1. The molecule has 0 fully saturated rings. The van der Waals surface area contributed by atoms with Gasteiger partial charge in [0.15, 0.2) is 6.04 Å². The van der Waals surface area contributed by atoms with Crippen molar-refractivity contribution in [2.24, 2.45) is 26.6 Å². The van der Waals surface area contributed by atoms with Gasteiger partial charge in [0.05, 0.1) is 12.9 Å². The van der Waals surface area contributed by atoms with Crippen LogP contribution in [0.15, 0.2) is 15.0 Å². The lowest BCUT2D eigenvalue weighted by Crippen LogP contribution is -2.42. The Kier molecular flexibility index (Phi) is 7.29. The second kappa shape index (κ2) is 8.82. The van der Waals surface area contributed by atoms with Crippen LogP contribution in [0.2, 0.25) is 0 Å². The Bertz CT molecular complexity index is 898. The zero-order valence-electron chi connectivity index (χ0n) is 14.7. The molecule has 4 atom stereocenters. The van der Waals surface area contributed by atoms with Gasteiger partial charge in [-0.25, -0.2) is 13.4 Å². The largest absolute Gasteiger partial charge is 0.488 e. The highest BCUT2D eigenvalue weighted by Crippen LogP contribution is 2.65. The van der Waals surface area contributed by atoms with Crippen LogP contribution in [0.4, 0.5) is 0 Å². The molecule has 0 spiro atoms. The average Bonchev–Trinajstić information content (AvgIpc) is 2.86. The highest BCUT2D eigenvalue weighted by atomic mass is 31.3. The number of hydrogen-bond acceptors (Lipinski definition) is 11. The second-order valence-corrected chi connectivity index (χ2v) is 10.7. The molecule has 0 aromatic carbocycles. The van der Waals surface area contributed by atoms with Crippen molar-refractivity contribution >= 4 is 47.3 Å². The van der Waals surface area contributed by atoms with Crippen molar-refractivity contribution in [1.29, 1.82) is 0 Å². The molecule has 2 heterocycles. The molecule has 4 unspecified atom stereocenters. The minimum Gasteiger partial charge on any atom is -0.368 e. The molecule has 19 heteroatoms. The number of fused-ring (bicyclic) bond motifs is 1. The van der Waals surface area contributed by atoms with Crippen LogP contribution in [0.25, 0.3) is 0 Å². The number of carbonyl (C=O) groups is 1. The monoisotopic (exact) mass is 477 g/mol. The molecule has 29 heavy (non-hydrogen) atoms. The predicted molar refractivity (Wildman–Crippen MR) is 96.9 cm³/mol. The van der Waals surface area contributed by atoms with E-state index in [1.807, 2.05) is 0 Å². The zero-order chi connectivity index (χ0) is 22.0. The summed E-state index contributed by atoms with van der Waals surface area (Å²) in [5.41, 5.74) is 5.45. The van der Waals surface area contributed by atoms with E-state index in [1.54, 1.807) is 6.92 Å². The molecule has 2 rings (SSSR count). The van der Waals surface area contributed by atoms with Crippen LogP contribution in [0, 0.1) is 5.92 Å². The summed E-state index contributed by atoms with van der Waals surface area (Å²) in [4.78, 5) is 60.2. The summed E-state index contributed by atoms with van der Waals surface area (Å²) in [5, 5.41) is 0. The van der Waals surface area contributed by atoms with E-state index >= 15 is 0 Å². The Labute approximate surface area is 163 Å². The molecule has 0 saturated heterocycles. The molecule has 0 aromatic rings. The van der Waals surface area contributed by atoms with Gasteiger partial charge >= 0.3 is 23.2 Å². The molecule has 0 saturated carbocycles. The van der Waals surface area contributed by atoms with E-state index < -0.39 is 41.5 Å². The summed E-state index contributed by atoms with van der Waals surface area (Å²) >= 11 is 0. The first kappa shape index (κ1) is 24.0. The Hall–Kier alpha value is -1.31. The smallest absolute Gasteiger partial charge is 0.368 e. The van der Waals surface area contributed by atoms with Crippen molar-refractivity contribution in [1.82, 2.24) is 4.90 Å². The lowest BCUT2D eigenvalue weighted by atomic mass is 10.1.